The van der Waals surface area contributed by atoms with Gasteiger partial charge in [0.2, 0.25) is 0 Å². The van der Waals surface area contributed by atoms with Gasteiger partial charge in [-0.1, -0.05) is 92.5 Å². The van der Waals surface area contributed by atoms with Crippen LogP contribution in [-0.4, -0.2) is 382 Å². The van der Waals surface area contributed by atoms with Crippen molar-refractivity contribution >= 4 is 0 Å². The molecule has 0 spiro atoms. The fourth-order valence-corrected chi connectivity index (χ4v) is 29.7. The lowest BCUT2D eigenvalue weighted by atomic mass is 9.34. The highest BCUT2D eigenvalue weighted by Crippen LogP contribution is 2.79. The van der Waals surface area contributed by atoms with Crippen molar-refractivity contribution in [3.63, 3.8) is 0 Å². The van der Waals surface area contributed by atoms with E-state index >= 15 is 0 Å². The van der Waals surface area contributed by atoms with Crippen LogP contribution in [0.15, 0.2) is 23.3 Å². The van der Waals surface area contributed by atoms with Crippen molar-refractivity contribution in [2.24, 2.45) is 90.7 Å². The predicted molar refractivity (Wildman–Crippen MR) is 467 cm³/mol. The Hall–Kier alpha value is -1.96. The van der Waals surface area contributed by atoms with Crippen LogP contribution in [0.4, 0.5) is 0 Å². The summed E-state index contributed by atoms with van der Waals surface area (Å²) in [6.45, 7) is 32.3. The molecule has 0 aromatic rings. The summed E-state index contributed by atoms with van der Waals surface area (Å²) in [5.74, 6) is -1.27. The molecule has 0 radical (unpaired) electrons. The van der Waals surface area contributed by atoms with Crippen LogP contribution in [0.2, 0.25) is 0 Å². The number of rotatable bonds is 25. The van der Waals surface area contributed by atoms with Crippen molar-refractivity contribution in [2.45, 2.75) is 453 Å². The Balaban J connectivity index is 0.000000224. The average Bonchev–Trinajstić information content (AvgIpc) is 1.32. The number of allylic oxidation sites excluding steroid dienone is 4. The number of hydrogen-bond donors (Lipinski definition) is 24. The Kier molecular flexibility index (Phi) is 32.8. The third-order valence-electron chi connectivity index (χ3n) is 37.5. The molecule has 36 heteroatoms. The maximum absolute atomic E-state index is 12.7. The molecule has 14 aliphatic rings. The van der Waals surface area contributed by atoms with Crippen molar-refractivity contribution in [1.29, 1.82) is 0 Å². The Morgan fingerprint density at radius 3 is 1.13 bits per heavy atom. The van der Waals surface area contributed by atoms with E-state index < -0.39 is 286 Å². The normalized spacial score (nSPS) is 53.0. The van der Waals surface area contributed by atoms with Gasteiger partial charge in [-0.2, -0.15) is 0 Å². The summed E-state index contributed by atoms with van der Waals surface area (Å²) in [5, 5.41) is 261. The van der Waals surface area contributed by atoms with Gasteiger partial charge in [0.05, 0.1) is 80.9 Å². The molecule has 0 aromatic carbocycles. The number of ether oxygens (including phenoxy) is 12. The minimum atomic E-state index is -1.79. The largest absolute Gasteiger partial charge is 0.394 e. The monoisotopic (exact) mass is 1890 g/mol. The minimum Gasteiger partial charge on any atom is -0.394 e. The number of aliphatic hydroxyl groups is 24. The first-order valence-corrected chi connectivity index (χ1v) is 48.7. The van der Waals surface area contributed by atoms with Gasteiger partial charge in [0, 0.05) is 0 Å². The standard InChI is InChI=1S/2C48H82O18/c1-21(2)11-10-14-48(9,66-42-38(60)35(57)32(54)26(19-49)63-42)23-12-16-46(7)30(23)24(51)17-28-45(6)15-13-29(52)44(4,5)40(45)25(18-47(28,46)8)62-43-39(36(58)33(55)27(20-50)64-43)65-41-37(59)34(56)31(53)22(3)61-41;1-22(2)10-9-14-48(8,66-42-39(60)36(57)33(54)26(20-50)62-42)23-11-16-47(7)31(23)24(52)18-29-45(5)15-13-30(44(3,4)28(45)12-17-46(29,47)6)64-43-40(37(58)34(55)27(21-51)63-43)65-41-38(59)35(56)32(53)25(19-49)61-41/h11,22-43,49-60H,10,12-20H2,1-9H3;10,23-43,49-60H,9,11-21H2,1-8H3. The van der Waals surface area contributed by atoms with E-state index in [1.807, 2.05) is 55.4 Å². The van der Waals surface area contributed by atoms with Crippen molar-refractivity contribution in [3.8, 4) is 0 Å². The first-order valence-electron chi connectivity index (χ1n) is 48.7. The summed E-state index contributed by atoms with van der Waals surface area (Å²) in [5.41, 5.74) is -3.55. The maximum atomic E-state index is 12.7. The molecule has 6 heterocycles. The lowest BCUT2D eigenvalue weighted by Crippen LogP contribution is -2.71. The van der Waals surface area contributed by atoms with Gasteiger partial charge in [-0.15, -0.1) is 0 Å². The minimum absolute atomic E-state index is 0.0861. The van der Waals surface area contributed by atoms with Crippen LogP contribution in [0.25, 0.3) is 0 Å². The molecule has 14 rings (SSSR count). The van der Waals surface area contributed by atoms with Gasteiger partial charge in [0.15, 0.2) is 37.7 Å². The molecule has 6 aliphatic heterocycles. The predicted octanol–water partition coefficient (Wildman–Crippen LogP) is -0.0552. The molecule has 36 nitrogen and oxygen atoms in total. The molecule has 6 saturated heterocycles. The molecule has 764 valence electrons. The second-order valence-corrected chi connectivity index (χ2v) is 45.9. The second-order valence-electron chi connectivity index (χ2n) is 45.9. The third kappa shape index (κ3) is 18.6. The number of aliphatic hydroxyl groups excluding tert-OH is 24. The van der Waals surface area contributed by atoms with Crippen LogP contribution in [0.3, 0.4) is 0 Å². The second kappa shape index (κ2) is 40.3. The first-order chi connectivity index (χ1) is 61.6. The van der Waals surface area contributed by atoms with E-state index in [1.54, 1.807) is 0 Å². The molecular formula is C96H164O36. The highest BCUT2D eigenvalue weighted by molar-refractivity contribution is 5.25. The molecule has 8 saturated carbocycles. The maximum Gasteiger partial charge on any atom is 0.187 e. The summed E-state index contributed by atoms with van der Waals surface area (Å²) < 4.78 is 75.3. The Morgan fingerprint density at radius 2 is 0.705 bits per heavy atom. The topological polar surface area (TPSA) is 596 Å². The molecule has 0 aromatic heterocycles. The third-order valence-corrected chi connectivity index (χ3v) is 37.5. The van der Waals surface area contributed by atoms with Crippen LogP contribution in [0.1, 0.15) is 227 Å². The molecule has 51 unspecified atom stereocenters. The van der Waals surface area contributed by atoms with Gasteiger partial charge in [-0.3, -0.25) is 0 Å². The molecule has 132 heavy (non-hydrogen) atoms. The highest BCUT2D eigenvalue weighted by Gasteiger charge is 2.77. The molecule has 14 fully saturated rings. The number of hydrogen-bond acceptors (Lipinski definition) is 36. The van der Waals surface area contributed by atoms with E-state index in [4.69, 9.17) is 56.8 Å². The van der Waals surface area contributed by atoms with Crippen LogP contribution < -0.4 is 0 Å². The summed E-state index contributed by atoms with van der Waals surface area (Å²) in [4.78, 5) is 0. The Morgan fingerprint density at radius 1 is 0.348 bits per heavy atom. The zero-order chi connectivity index (χ0) is 97.4. The Bertz CT molecular complexity index is 3850. The van der Waals surface area contributed by atoms with Crippen molar-refractivity contribution in [1.82, 2.24) is 0 Å². The summed E-state index contributed by atoms with van der Waals surface area (Å²) >= 11 is 0. The summed E-state index contributed by atoms with van der Waals surface area (Å²) in [7, 11) is 0. The SMILES string of the molecule is CC(C)=CCCC(C)(OC1OC(CO)C(O)C(O)C1O)C1CCC2(C)C1C(O)CC1C3(C)CCC(O)C(C)(C)C3C(OC3OC(CO)C(O)C(O)C3OC3OC(C)C(O)C(O)C3O)CC12C.CC(C)=CCCC(C)(OC1OC(CO)C(O)C(O)C1O)C1CCC2(C)C1C(O)CC1C3(C)CCC(OC4OC(CO)C(O)C(O)C4OC4OC(CO)C(O)C(O)C4O)C(C)(C)C3CCC12C. The van der Waals surface area contributed by atoms with Crippen LogP contribution in [-0.2, 0) is 56.8 Å². The average molecular weight is 1890 g/mol. The smallest absolute Gasteiger partial charge is 0.187 e. The van der Waals surface area contributed by atoms with Crippen LogP contribution >= 0.6 is 0 Å². The number of fused-ring (bicyclic) bond motifs is 10. The fourth-order valence-electron chi connectivity index (χ4n) is 29.7. The van der Waals surface area contributed by atoms with E-state index in [2.05, 4.69) is 67.5 Å². The van der Waals surface area contributed by atoms with Crippen molar-refractivity contribution in [3.05, 3.63) is 23.3 Å². The highest BCUT2D eigenvalue weighted by atomic mass is 16.8. The molecule has 24 N–H and O–H groups in total. The van der Waals surface area contributed by atoms with Gasteiger partial charge in [0.1, 0.15) is 140 Å². The molecule has 51 atom stereocenters. The Labute approximate surface area is 775 Å². The van der Waals surface area contributed by atoms with E-state index in [1.165, 1.54) is 6.92 Å². The fraction of sp³-hybridized carbons (Fsp3) is 0.958. The van der Waals surface area contributed by atoms with Gasteiger partial charge in [-0.05, 0) is 248 Å². The zero-order valence-corrected chi connectivity index (χ0v) is 80.2. The molecule has 8 aliphatic carbocycles. The van der Waals surface area contributed by atoms with Gasteiger partial charge < -0.3 is 179 Å². The van der Waals surface area contributed by atoms with E-state index in [-0.39, 0.29) is 63.6 Å². The molecule has 0 amide bonds. The van der Waals surface area contributed by atoms with E-state index in [0.717, 1.165) is 43.3 Å². The quantitative estimate of drug-likeness (QED) is 0.0421. The van der Waals surface area contributed by atoms with Gasteiger partial charge >= 0.3 is 0 Å². The van der Waals surface area contributed by atoms with Gasteiger partial charge in [-0.25, -0.2) is 0 Å². The lowest BCUT2D eigenvalue weighted by Gasteiger charge is -2.72. The van der Waals surface area contributed by atoms with E-state index in [0.29, 0.717) is 77.0 Å². The van der Waals surface area contributed by atoms with Gasteiger partial charge in [0.25, 0.3) is 0 Å². The van der Waals surface area contributed by atoms with Crippen LogP contribution in [0, 0.1) is 90.7 Å². The van der Waals surface area contributed by atoms with Crippen molar-refractivity contribution < 1.29 is 179 Å². The summed E-state index contributed by atoms with van der Waals surface area (Å²) in [6.07, 6.45) is -33.7. The zero-order valence-electron chi connectivity index (χ0n) is 80.2. The first kappa shape index (κ1) is 107. The molecule has 0 bridgehead atoms. The van der Waals surface area contributed by atoms with E-state index in [9.17, 15) is 123 Å². The van der Waals surface area contributed by atoms with Crippen molar-refractivity contribution in [2.75, 3.05) is 33.0 Å². The lowest BCUT2D eigenvalue weighted by molar-refractivity contribution is -0.382. The molecular weight excluding hydrogens is 1730 g/mol. The van der Waals surface area contributed by atoms with Crippen LogP contribution in [0.5, 0.6) is 0 Å². The summed E-state index contributed by atoms with van der Waals surface area (Å²) in [6, 6.07) is 0.